The van der Waals surface area contributed by atoms with Gasteiger partial charge in [-0.1, -0.05) is 13.8 Å². The van der Waals surface area contributed by atoms with E-state index in [1.54, 1.807) is 0 Å². The number of hydrogen-bond donors (Lipinski definition) is 0. The number of piperidine rings is 1. The maximum atomic E-state index is 12.1. The Labute approximate surface area is 91.8 Å². The van der Waals surface area contributed by atoms with Gasteiger partial charge in [-0.2, -0.15) is 0 Å². The van der Waals surface area contributed by atoms with Gasteiger partial charge in [0, 0.05) is 18.9 Å². The first kappa shape index (κ1) is 12.6. The zero-order valence-electron chi connectivity index (χ0n) is 9.84. The molecule has 1 fully saturated rings. The van der Waals surface area contributed by atoms with Crippen molar-refractivity contribution in [2.45, 2.75) is 33.1 Å². The van der Waals surface area contributed by atoms with E-state index in [0.29, 0.717) is 24.7 Å². The van der Waals surface area contributed by atoms with Crippen LogP contribution in [0.5, 0.6) is 0 Å². The third-order valence-corrected chi connectivity index (χ3v) is 3.05. The Bertz CT molecular complexity index is 198. The van der Waals surface area contributed by atoms with E-state index in [1.165, 1.54) is 0 Å². The molecule has 1 saturated heterocycles. The lowest BCUT2D eigenvalue weighted by Crippen LogP contribution is -2.37. The van der Waals surface area contributed by atoms with Crippen LogP contribution in [0.3, 0.4) is 0 Å². The first-order valence-electron chi connectivity index (χ1n) is 5.94. The Morgan fingerprint density at radius 3 is 2.47 bits per heavy atom. The van der Waals surface area contributed by atoms with E-state index in [1.807, 2.05) is 0 Å². The number of likely N-dealkylation sites (tertiary alicyclic amines) is 1. The molecule has 0 N–H and O–H groups in total. The van der Waals surface area contributed by atoms with Gasteiger partial charge < -0.3 is 4.90 Å². The number of rotatable bonds is 5. The van der Waals surface area contributed by atoms with E-state index in [-0.39, 0.29) is 12.6 Å². The Kier molecular flexibility index (Phi) is 5.23. The summed E-state index contributed by atoms with van der Waals surface area (Å²) in [4.78, 5) is 13.9. The second kappa shape index (κ2) is 6.21. The molecule has 0 spiro atoms. The van der Waals surface area contributed by atoms with Crippen LogP contribution in [0.2, 0.25) is 0 Å². The Hall–Kier alpha value is -0.440. The van der Waals surface area contributed by atoms with Crippen molar-refractivity contribution in [2.24, 2.45) is 11.8 Å². The van der Waals surface area contributed by atoms with Gasteiger partial charge in [-0.15, -0.1) is 0 Å². The molecule has 15 heavy (non-hydrogen) atoms. The molecule has 88 valence electrons. The molecular formula is C12H22FNO. The molecule has 0 amide bonds. The van der Waals surface area contributed by atoms with Crippen molar-refractivity contribution in [3.05, 3.63) is 0 Å². The number of halogens is 1. The molecule has 0 aliphatic carbocycles. The van der Waals surface area contributed by atoms with Crippen LogP contribution in [0.15, 0.2) is 0 Å². The smallest absolute Gasteiger partial charge is 0.136 e. The van der Waals surface area contributed by atoms with Gasteiger partial charge in [0.2, 0.25) is 0 Å². The quantitative estimate of drug-likeness (QED) is 0.701. The first-order valence-corrected chi connectivity index (χ1v) is 5.94. The number of alkyl halides is 1. The molecule has 0 atom stereocenters. The van der Waals surface area contributed by atoms with Crippen LogP contribution in [-0.4, -0.2) is 37.0 Å². The fourth-order valence-electron chi connectivity index (χ4n) is 2.17. The van der Waals surface area contributed by atoms with Gasteiger partial charge in [0.1, 0.15) is 12.5 Å². The summed E-state index contributed by atoms with van der Waals surface area (Å²) in [5, 5.41) is 0. The molecule has 1 aliphatic heterocycles. The van der Waals surface area contributed by atoms with Crippen molar-refractivity contribution in [1.29, 1.82) is 0 Å². The van der Waals surface area contributed by atoms with Crippen LogP contribution < -0.4 is 0 Å². The zero-order chi connectivity index (χ0) is 11.3. The highest BCUT2D eigenvalue weighted by atomic mass is 19.1. The summed E-state index contributed by atoms with van der Waals surface area (Å²) in [6, 6.07) is 0. The third kappa shape index (κ3) is 4.29. The van der Waals surface area contributed by atoms with Crippen molar-refractivity contribution in [2.75, 3.05) is 26.3 Å². The van der Waals surface area contributed by atoms with Gasteiger partial charge in [-0.25, -0.2) is 4.39 Å². The molecule has 0 saturated carbocycles. The van der Waals surface area contributed by atoms with Gasteiger partial charge in [0.05, 0.1) is 0 Å². The highest BCUT2D eigenvalue weighted by molar-refractivity contribution is 5.81. The summed E-state index contributed by atoms with van der Waals surface area (Å²) in [7, 11) is 0. The minimum atomic E-state index is -0.273. The van der Waals surface area contributed by atoms with Gasteiger partial charge >= 0.3 is 0 Å². The summed E-state index contributed by atoms with van der Waals surface area (Å²) in [5.41, 5.74) is 0. The minimum absolute atomic E-state index is 0.239. The Morgan fingerprint density at radius 1 is 1.40 bits per heavy atom. The zero-order valence-corrected chi connectivity index (χ0v) is 9.84. The molecule has 3 heteroatoms. The molecule has 1 heterocycles. The van der Waals surface area contributed by atoms with Crippen LogP contribution in [-0.2, 0) is 4.79 Å². The standard InChI is InChI=1S/C12H22FNO/c1-10(2)9-12(15)11-3-6-14(7-4-11)8-5-13/h10-11H,3-9H2,1-2H3. The molecule has 1 rings (SSSR count). The van der Waals surface area contributed by atoms with Crippen LogP contribution in [0.25, 0.3) is 0 Å². The lowest BCUT2D eigenvalue weighted by Gasteiger charge is -2.30. The predicted molar refractivity (Wildman–Crippen MR) is 59.6 cm³/mol. The predicted octanol–water partition coefficient (Wildman–Crippen LogP) is 2.28. The summed E-state index contributed by atoms with van der Waals surface area (Å²) in [5.74, 6) is 1.11. The van der Waals surface area contributed by atoms with E-state index in [4.69, 9.17) is 0 Å². The maximum absolute atomic E-state index is 12.1. The van der Waals surface area contributed by atoms with Gasteiger partial charge in [-0.05, 0) is 31.8 Å². The van der Waals surface area contributed by atoms with E-state index < -0.39 is 0 Å². The van der Waals surface area contributed by atoms with E-state index in [2.05, 4.69) is 18.7 Å². The SMILES string of the molecule is CC(C)CC(=O)C1CCN(CCF)CC1. The second-order valence-corrected chi connectivity index (χ2v) is 4.87. The number of ketones is 1. The van der Waals surface area contributed by atoms with Crippen LogP contribution in [0.4, 0.5) is 4.39 Å². The van der Waals surface area contributed by atoms with Crippen molar-refractivity contribution >= 4 is 5.78 Å². The van der Waals surface area contributed by atoms with Gasteiger partial charge in [0.25, 0.3) is 0 Å². The number of carbonyl (C=O) groups is 1. The van der Waals surface area contributed by atoms with Crippen molar-refractivity contribution in [3.8, 4) is 0 Å². The minimum Gasteiger partial charge on any atom is -0.301 e. The molecule has 0 aromatic heterocycles. The number of nitrogens with zero attached hydrogens (tertiary/aromatic N) is 1. The number of carbonyl (C=O) groups excluding carboxylic acids is 1. The highest BCUT2D eigenvalue weighted by Crippen LogP contribution is 2.20. The molecule has 0 bridgehead atoms. The largest absolute Gasteiger partial charge is 0.301 e. The maximum Gasteiger partial charge on any atom is 0.136 e. The molecule has 0 aromatic rings. The van der Waals surface area contributed by atoms with Crippen LogP contribution in [0, 0.1) is 11.8 Å². The van der Waals surface area contributed by atoms with Gasteiger partial charge in [-0.3, -0.25) is 4.79 Å². The van der Waals surface area contributed by atoms with Crippen molar-refractivity contribution < 1.29 is 9.18 Å². The second-order valence-electron chi connectivity index (χ2n) is 4.87. The summed E-state index contributed by atoms with van der Waals surface area (Å²) in [6.07, 6.45) is 2.55. The van der Waals surface area contributed by atoms with E-state index in [0.717, 1.165) is 25.9 Å². The number of hydrogen-bond acceptors (Lipinski definition) is 2. The number of Topliss-reactive ketones (excluding diaryl/α,β-unsaturated/α-hetero) is 1. The van der Waals surface area contributed by atoms with Crippen LogP contribution >= 0.6 is 0 Å². The molecule has 0 unspecified atom stereocenters. The summed E-state index contributed by atoms with van der Waals surface area (Å²) >= 11 is 0. The molecule has 2 nitrogen and oxygen atoms in total. The normalized spacial score (nSPS) is 19.7. The molecule has 0 radical (unpaired) electrons. The molecule has 1 aliphatic rings. The lowest BCUT2D eigenvalue weighted by atomic mass is 9.88. The average molecular weight is 215 g/mol. The summed E-state index contributed by atoms with van der Waals surface area (Å²) < 4.78 is 12.1. The topological polar surface area (TPSA) is 20.3 Å². The highest BCUT2D eigenvalue weighted by Gasteiger charge is 2.24. The third-order valence-electron chi connectivity index (χ3n) is 3.05. The fraction of sp³-hybridized carbons (Fsp3) is 0.917. The Balaban J connectivity index is 2.27. The van der Waals surface area contributed by atoms with Crippen molar-refractivity contribution in [3.63, 3.8) is 0 Å². The fourth-order valence-corrected chi connectivity index (χ4v) is 2.17. The van der Waals surface area contributed by atoms with Crippen LogP contribution in [0.1, 0.15) is 33.1 Å². The van der Waals surface area contributed by atoms with E-state index >= 15 is 0 Å². The summed E-state index contributed by atoms with van der Waals surface area (Å²) in [6.45, 7) is 6.19. The van der Waals surface area contributed by atoms with Gasteiger partial charge in [0.15, 0.2) is 0 Å². The lowest BCUT2D eigenvalue weighted by molar-refractivity contribution is -0.125. The monoisotopic (exact) mass is 215 g/mol. The average Bonchev–Trinajstić information content (AvgIpc) is 2.18. The molecular weight excluding hydrogens is 193 g/mol. The Morgan fingerprint density at radius 2 is 2.00 bits per heavy atom. The molecule has 0 aromatic carbocycles. The van der Waals surface area contributed by atoms with Crippen molar-refractivity contribution in [1.82, 2.24) is 4.90 Å². The van der Waals surface area contributed by atoms with E-state index in [9.17, 15) is 9.18 Å². The first-order chi connectivity index (χ1) is 7.13.